The van der Waals surface area contributed by atoms with Crippen molar-refractivity contribution >= 4 is 17.5 Å². The average molecular weight is 347 g/mol. The van der Waals surface area contributed by atoms with Crippen molar-refractivity contribution in [2.45, 2.75) is 25.9 Å². The van der Waals surface area contributed by atoms with Crippen LogP contribution in [0.5, 0.6) is 5.75 Å². The number of hydrogen-bond acceptors (Lipinski definition) is 3. The summed E-state index contributed by atoms with van der Waals surface area (Å²) in [6.07, 6.45) is 3.27. The van der Waals surface area contributed by atoms with E-state index in [1.165, 1.54) is 4.90 Å². The van der Waals surface area contributed by atoms with Gasteiger partial charge in [-0.2, -0.15) is 0 Å². The first-order valence-corrected chi connectivity index (χ1v) is 9.37. The van der Waals surface area contributed by atoms with Gasteiger partial charge in [0.25, 0.3) is 0 Å². The maximum atomic E-state index is 12.9. The summed E-state index contributed by atoms with van der Waals surface area (Å²) >= 11 is 0. The molecule has 26 heavy (non-hydrogen) atoms. The summed E-state index contributed by atoms with van der Waals surface area (Å²) in [5.74, 6) is 1.43. The Bertz CT molecular complexity index is 817. The lowest BCUT2D eigenvalue weighted by molar-refractivity contribution is -0.123. The maximum absolute atomic E-state index is 12.9. The van der Waals surface area contributed by atoms with Gasteiger partial charge >= 0.3 is 0 Å². The summed E-state index contributed by atoms with van der Waals surface area (Å²) in [4.78, 5) is 27.1. The highest BCUT2D eigenvalue weighted by molar-refractivity contribution is 6.22. The zero-order chi connectivity index (χ0) is 17.7. The number of benzene rings is 2. The highest BCUT2D eigenvalue weighted by atomic mass is 16.5. The molecule has 2 amide bonds. The van der Waals surface area contributed by atoms with Gasteiger partial charge in [0.15, 0.2) is 0 Å². The number of rotatable bonds is 4. The molecule has 2 aliphatic carbocycles. The van der Waals surface area contributed by atoms with Crippen molar-refractivity contribution in [3.8, 4) is 5.75 Å². The van der Waals surface area contributed by atoms with Crippen LogP contribution in [0.3, 0.4) is 0 Å². The van der Waals surface area contributed by atoms with Gasteiger partial charge in [-0.1, -0.05) is 30.3 Å². The van der Waals surface area contributed by atoms with Crippen LogP contribution in [0.2, 0.25) is 0 Å². The molecule has 0 unspecified atom stereocenters. The van der Waals surface area contributed by atoms with Crippen molar-refractivity contribution in [3.63, 3.8) is 0 Å². The Hall–Kier alpha value is -2.62. The van der Waals surface area contributed by atoms with Crippen LogP contribution >= 0.6 is 0 Å². The van der Waals surface area contributed by atoms with Crippen LogP contribution < -0.4 is 9.64 Å². The summed E-state index contributed by atoms with van der Waals surface area (Å²) in [5, 5.41) is 0. The molecule has 2 saturated carbocycles. The third-order valence-electron chi connectivity index (χ3n) is 6.27. The van der Waals surface area contributed by atoms with E-state index < -0.39 is 0 Å². The number of fused-ring (bicyclic) bond motifs is 5. The molecule has 1 aliphatic heterocycles. The highest BCUT2D eigenvalue weighted by Gasteiger charge is 2.61. The summed E-state index contributed by atoms with van der Waals surface area (Å²) in [7, 11) is 0. The van der Waals surface area contributed by atoms with Gasteiger partial charge in [-0.25, -0.2) is 0 Å². The summed E-state index contributed by atoms with van der Waals surface area (Å²) in [5.41, 5.74) is 1.77. The van der Waals surface area contributed by atoms with E-state index in [1.54, 1.807) is 0 Å². The molecule has 3 fully saturated rings. The molecule has 3 aliphatic rings. The van der Waals surface area contributed by atoms with Crippen LogP contribution in [0.25, 0.3) is 0 Å². The zero-order valence-electron chi connectivity index (χ0n) is 14.5. The molecule has 0 radical (unpaired) electrons. The third-order valence-corrected chi connectivity index (χ3v) is 6.27. The number of imide groups is 1. The van der Waals surface area contributed by atoms with Gasteiger partial charge in [0.05, 0.1) is 17.5 Å². The normalized spacial score (nSPS) is 29.3. The number of amides is 2. The van der Waals surface area contributed by atoms with E-state index in [0.717, 1.165) is 30.6 Å². The lowest BCUT2D eigenvalue weighted by atomic mass is 9.81. The van der Waals surface area contributed by atoms with Crippen LogP contribution in [0.15, 0.2) is 54.6 Å². The van der Waals surface area contributed by atoms with Gasteiger partial charge in [0.2, 0.25) is 11.8 Å². The second-order valence-corrected chi connectivity index (χ2v) is 7.66. The maximum Gasteiger partial charge on any atom is 0.237 e. The molecule has 1 saturated heterocycles. The Balaban J connectivity index is 1.32. The molecule has 4 atom stereocenters. The van der Waals surface area contributed by atoms with Gasteiger partial charge in [-0.05, 0) is 60.9 Å². The number of carbonyl (C=O) groups is 2. The van der Waals surface area contributed by atoms with Gasteiger partial charge in [0, 0.05) is 0 Å². The fourth-order valence-electron chi connectivity index (χ4n) is 5.10. The largest absolute Gasteiger partial charge is 0.489 e. The van der Waals surface area contributed by atoms with Crippen molar-refractivity contribution in [1.82, 2.24) is 0 Å². The fourth-order valence-corrected chi connectivity index (χ4v) is 5.10. The van der Waals surface area contributed by atoms with Crippen LogP contribution in [-0.4, -0.2) is 11.8 Å². The Kier molecular flexibility index (Phi) is 3.59. The monoisotopic (exact) mass is 347 g/mol. The molecule has 0 N–H and O–H groups in total. The molecular weight excluding hydrogens is 326 g/mol. The molecule has 0 aromatic heterocycles. The molecule has 2 bridgehead atoms. The van der Waals surface area contributed by atoms with Crippen molar-refractivity contribution in [2.24, 2.45) is 23.7 Å². The van der Waals surface area contributed by atoms with E-state index >= 15 is 0 Å². The molecule has 2 aromatic carbocycles. The van der Waals surface area contributed by atoms with Crippen LogP contribution in [-0.2, 0) is 16.2 Å². The Morgan fingerprint density at radius 3 is 2.08 bits per heavy atom. The lowest BCUT2D eigenvalue weighted by Gasteiger charge is -2.19. The molecule has 4 heteroatoms. The minimum atomic E-state index is -0.0738. The highest BCUT2D eigenvalue weighted by Crippen LogP contribution is 2.56. The standard InChI is InChI=1S/C22H21NO3/c24-21-19-15-6-7-16(12-15)20(19)22(25)23(21)17-8-10-18(11-9-17)26-13-14-4-2-1-3-5-14/h1-5,8-11,15-16,19-20H,6-7,12-13H2/t15-,16-,19+,20+/m0/s1. The molecular formula is C22H21NO3. The second-order valence-electron chi connectivity index (χ2n) is 7.66. The van der Waals surface area contributed by atoms with Crippen molar-refractivity contribution in [3.05, 3.63) is 60.2 Å². The number of carbonyl (C=O) groups excluding carboxylic acids is 2. The van der Waals surface area contributed by atoms with Gasteiger partial charge in [0.1, 0.15) is 12.4 Å². The van der Waals surface area contributed by atoms with Crippen molar-refractivity contribution in [2.75, 3.05) is 4.90 Å². The first-order valence-electron chi connectivity index (χ1n) is 9.37. The van der Waals surface area contributed by atoms with E-state index in [2.05, 4.69) is 0 Å². The minimum Gasteiger partial charge on any atom is -0.489 e. The predicted octanol–water partition coefficient (Wildman–Crippen LogP) is 3.80. The first kappa shape index (κ1) is 15.6. The topological polar surface area (TPSA) is 46.6 Å². The SMILES string of the molecule is O=C1[C@@H]2[C@H]3CC[C@@H](C3)[C@H]2C(=O)N1c1ccc(OCc2ccccc2)cc1. The quantitative estimate of drug-likeness (QED) is 0.790. The molecule has 2 aromatic rings. The van der Waals surface area contributed by atoms with E-state index in [4.69, 9.17) is 4.74 Å². The van der Waals surface area contributed by atoms with Gasteiger partial charge < -0.3 is 4.74 Å². The minimum absolute atomic E-state index is 0.00477. The molecule has 4 nitrogen and oxygen atoms in total. The number of hydrogen-bond donors (Lipinski definition) is 0. The van der Waals surface area contributed by atoms with E-state index in [1.807, 2.05) is 54.6 Å². The molecule has 0 spiro atoms. The predicted molar refractivity (Wildman–Crippen MR) is 97.5 cm³/mol. The zero-order valence-corrected chi connectivity index (χ0v) is 14.5. The van der Waals surface area contributed by atoms with Crippen molar-refractivity contribution in [1.29, 1.82) is 0 Å². The lowest BCUT2D eigenvalue weighted by Crippen LogP contribution is -2.32. The Morgan fingerprint density at radius 1 is 0.846 bits per heavy atom. The van der Waals surface area contributed by atoms with Gasteiger partial charge in [-0.15, -0.1) is 0 Å². The van der Waals surface area contributed by atoms with E-state index in [0.29, 0.717) is 24.1 Å². The van der Waals surface area contributed by atoms with E-state index in [-0.39, 0.29) is 23.7 Å². The van der Waals surface area contributed by atoms with Crippen molar-refractivity contribution < 1.29 is 14.3 Å². The smallest absolute Gasteiger partial charge is 0.237 e. The Labute approximate surface area is 152 Å². The summed E-state index contributed by atoms with van der Waals surface area (Å²) < 4.78 is 5.79. The average Bonchev–Trinajstić information content (AvgIpc) is 3.35. The van der Waals surface area contributed by atoms with Crippen LogP contribution in [0.1, 0.15) is 24.8 Å². The molecule has 5 rings (SSSR count). The number of anilines is 1. The van der Waals surface area contributed by atoms with Gasteiger partial charge in [-0.3, -0.25) is 14.5 Å². The van der Waals surface area contributed by atoms with Crippen LogP contribution in [0.4, 0.5) is 5.69 Å². The fraction of sp³-hybridized carbons (Fsp3) is 0.364. The summed E-state index contributed by atoms with van der Waals surface area (Å²) in [6.45, 7) is 0.495. The number of ether oxygens (including phenoxy) is 1. The second kappa shape index (κ2) is 5.97. The molecule has 1 heterocycles. The Morgan fingerprint density at radius 2 is 1.46 bits per heavy atom. The van der Waals surface area contributed by atoms with E-state index in [9.17, 15) is 9.59 Å². The molecule has 132 valence electrons. The van der Waals surface area contributed by atoms with Crippen LogP contribution in [0, 0.1) is 23.7 Å². The first-order chi connectivity index (χ1) is 12.7. The summed E-state index contributed by atoms with van der Waals surface area (Å²) in [6, 6.07) is 17.3. The third kappa shape index (κ3) is 2.36. The number of nitrogens with zero attached hydrogens (tertiary/aromatic N) is 1.